The molecule has 0 amide bonds. The molecular formula is C14H14FNO3. The molecule has 0 saturated carbocycles. The molecule has 1 unspecified atom stereocenters. The summed E-state index contributed by atoms with van der Waals surface area (Å²) in [6, 6.07) is 6.13. The molecule has 0 bridgehead atoms. The third-order valence-corrected chi connectivity index (χ3v) is 3.21. The highest BCUT2D eigenvalue weighted by atomic mass is 19.1. The van der Waals surface area contributed by atoms with Crippen molar-refractivity contribution in [2.75, 3.05) is 0 Å². The number of carboxylic acid groups (broad SMARTS) is 1. The number of pyridine rings is 1. The molecule has 19 heavy (non-hydrogen) atoms. The molecule has 0 radical (unpaired) electrons. The molecule has 5 heteroatoms. The fourth-order valence-electron chi connectivity index (χ4n) is 2.13. The van der Waals surface area contributed by atoms with Crippen molar-refractivity contribution in [2.24, 2.45) is 13.0 Å². The quantitative estimate of drug-likeness (QED) is 0.920. The normalized spacial score (nSPS) is 12.6. The van der Waals surface area contributed by atoms with Crippen LogP contribution in [-0.2, 0) is 18.3 Å². The number of nitrogens with zero attached hydrogens (tertiary/aromatic N) is 1. The number of para-hydroxylation sites is 1. The van der Waals surface area contributed by atoms with Crippen LogP contribution in [0.2, 0.25) is 0 Å². The van der Waals surface area contributed by atoms with Crippen LogP contribution in [-0.4, -0.2) is 15.6 Å². The van der Waals surface area contributed by atoms with Gasteiger partial charge in [-0.1, -0.05) is 19.1 Å². The van der Waals surface area contributed by atoms with Gasteiger partial charge < -0.3 is 9.67 Å². The SMILES string of the molecule is CC(Cc1cc2cccc(F)c2n(C)c1=O)C(=O)O. The van der Waals surface area contributed by atoms with Crippen molar-refractivity contribution < 1.29 is 14.3 Å². The van der Waals surface area contributed by atoms with Gasteiger partial charge in [-0.2, -0.15) is 0 Å². The molecule has 1 aromatic carbocycles. The van der Waals surface area contributed by atoms with Gasteiger partial charge in [-0.15, -0.1) is 0 Å². The molecule has 0 aliphatic rings. The van der Waals surface area contributed by atoms with Gasteiger partial charge in [-0.05, 0) is 18.6 Å². The summed E-state index contributed by atoms with van der Waals surface area (Å²) in [5, 5.41) is 9.48. The van der Waals surface area contributed by atoms with E-state index in [0.717, 1.165) is 0 Å². The van der Waals surface area contributed by atoms with Gasteiger partial charge in [-0.3, -0.25) is 9.59 Å². The average molecular weight is 263 g/mol. The number of carbonyl (C=O) groups is 1. The maximum atomic E-state index is 13.7. The molecule has 0 aliphatic heterocycles. The number of aromatic nitrogens is 1. The predicted molar refractivity (Wildman–Crippen MR) is 69.7 cm³/mol. The van der Waals surface area contributed by atoms with E-state index in [1.54, 1.807) is 18.2 Å². The van der Waals surface area contributed by atoms with Gasteiger partial charge in [0.15, 0.2) is 0 Å². The van der Waals surface area contributed by atoms with E-state index >= 15 is 0 Å². The Bertz CT molecular complexity index is 706. The standard InChI is InChI=1S/C14H14FNO3/c1-8(14(18)19)6-10-7-9-4-3-5-11(15)12(9)16(2)13(10)17/h3-5,7-8H,6H2,1-2H3,(H,18,19). The summed E-state index contributed by atoms with van der Waals surface area (Å²) < 4.78 is 14.9. The number of carboxylic acids is 1. The van der Waals surface area contributed by atoms with Crippen LogP contribution in [0, 0.1) is 11.7 Å². The minimum atomic E-state index is -0.957. The number of aliphatic carboxylic acids is 1. The van der Waals surface area contributed by atoms with Gasteiger partial charge in [0.2, 0.25) is 0 Å². The summed E-state index contributed by atoms with van der Waals surface area (Å²) in [7, 11) is 1.49. The van der Waals surface area contributed by atoms with Crippen LogP contribution in [0.4, 0.5) is 4.39 Å². The fraction of sp³-hybridized carbons (Fsp3) is 0.286. The summed E-state index contributed by atoms with van der Waals surface area (Å²) in [6.07, 6.45) is 0.133. The van der Waals surface area contributed by atoms with Gasteiger partial charge in [-0.25, -0.2) is 4.39 Å². The van der Waals surface area contributed by atoms with Crippen molar-refractivity contribution in [2.45, 2.75) is 13.3 Å². The first kappa shape index (κ1) is 13.3. The summed E-state index contributed by atoms with van der Waals surface area (Å²) in [5.74, 6) is -2.07. The first-order valence-electron chi connectivity index (χ1n) is 5.91. The molecule has 1 heterocycles. The first-order chi connectivity index (χ1) is 8.91. The summed E-state index contributed by atoms with van der Waals surface area (Å²) in [6.45, 7) is 1.54. The Morgan fingerprint density at radius 3 is 2.79 bits per heavy atom. The Balaban J connectivity index is 2.62. The Kier molecular flexibility index (Phi) is 3.38. The van der Waals surface area contributed by atoms with Gasteiger partial charge in [0.25, 0.3) is 5.56 Å². The van der Waals surface area contributed by atoms with Crippen LogP contribution in [0.3, 0.4) is 0 Å². The van der Waals surface area contributed by atoms with Crippen molar-refractivity contribution in [3.8, 4) is 0 Å². The molecule has 4 nitrogen and oxygen atoms in total. The van der Waals surface area contributed by atoms with Gasteiger partial charge in [0.1, 0.15) is 5.82 Å². The van der Waals surface area contributed by atoms with Crippen molar-refractivity contribution in [1.29, 1.82) is 0 Å². The van der Waals surface area contributed by atoms with E-state index < -0.39 is 17.7 Å². The summed E-state index contributed by atoms with van der Waals surface area (Å²) in [4.78, 5) is 22.9. The summed E-state index contributed by atoms with van der Waals surface area (Å²) >= 11 is 0. The lowest BCUT2D eigenvalue weighted by Gasteiger charge is -2.11. The van der Waals surface area contributed by atoms with E-state index in [-0.39, 0.29) is 17.5 Å². The second-order valence-corrected chi connectivity index (χ2v) is 4.65. The number of fused-ring (bicyclic) bond motifs is 1. The molecule has 1 N–H and O–H groups in total. The van der Waals surface area contributed by atoms with Crippen molar-refractivity contribution in [1.82, 2.24) is 4.57 Å². The van der Waals surface area contributed by atoms with Crippen LogP contribution in [0.5, 0.6) is 0 Å². The zero-order chi connectivity index (χ0) is 14.2. The number of benzene rings is 1. The highest BCUT2D eigenvalue weighted by molar-refractivity contribution is 5.80. The van der Waals surface area contributed by atoms with Gasteiger partial charge >= 0.3 is 5.97 Å². The van der Waals surface area contributed by atoms with E-state index in [1.165, 1.54) is 24.6 Å². The van der Waals surface area contributed by atoms with Gasteiger partial charge in [0.05, 0.1) is 11.4 Å². The largest absolute Gasteiger partial charge is 0.481 e. The van der Waals surface area contributed by atoms with Gasteiger partial charge in [0, 0.05) is 18.0 Å². The third-order valence-electron chi connectivity index (χ3n) is 3.21. The number of rotatable bonds is 3. The van der Waals surface area contributed by atoms with E-state index in [1.807, 2.05) is 0 Å². The zero-order valence-corrected chi connectivity index (χ0v) is 10.7. The molecule has 100 valence electrons. The van der Waals surface area contributed by atoms with E-state index in [4.69, 9.17) is 5.11 Å². The molecule has 1 aromatic heterocycles. The molecule has 0 saturated heterocycles. The Labute approximate surface area is 109 Å². The molecule has 0 spiro atoms. The van der Waals surface area contributed by atoms with Crippen LogP contribution in [0.25, 0.3) is 10.9 Å². The highest BCUT2D eigenvalue weighted by Gasteiger charge is 2.16. The Morgan fingerprint density at radius 1 is 1.47 bits per heavy atom. The number of hydrogen-bond donors (Lipinski definition) is 1. The third kappa shape index (κ3) is 2.36. The van der Waals surface area contributed by atoms with Crippen LogP contribution in [0.1, 0.15) is 12.5 Å². The monoisotopic (exact) mass is 263 g/mol. The van der Waals surface area contributed by atoms with Crippen molar-refractivity contribution >= 4 is 16.9 Å². The Hall–Kier alpha value is -2.17. The van der Waals surface area contributed by atoms with Crippen molar-refractivity contribution in [3.63, 3.8) is 0 Å². The number of halogens is 1. The first-order valence-corrected chi connectivity index (χ1v) is 5.91. The molecule has 0 fully saturated rings. The van der Waals surface area contributed by atoms with Crippen LogP contribution in [0.15, 0.2) is 29.1 Å². The number of aryl methyl sites for hydroxylation is 1. The van der Waals surface area contributed by atoms with Crippen LogP contribution < -0.4 is 5.56 Å². The maximum absolute atomic E-state index is 13.7. The van der Waals surface area contributed by atoms with E-state index in [2.05, 4.69) is 0 Å². The molecule has 0 aliphatic carbocycles. The molecule has 2 aromatic rings. The maximum Gasteiger partial charge on any atom is 0.306 e. The highest BCUT2D eigenvalue weighted by Crippen LogP contribution is 2.17. The van der Waals surface area contributed by atoms with E-state index in [0.29, 0.717) is 10.9 Å². The van der Waals surface area contributed by atoms with Crippen molar-refractivity contribution in [3.05, 3.63) is 46.0 Å². The lowest BCUT2D eigenvalue weighted by atomic mass is 10.0. The second kappa shape index (κ2) is 4.84. The van der Waals surface area contributed by atoms with E-state index in [9.17, 15) is 14.0 Å². The lowest BCUT2D eigenvalue weighted by Crippen LogP contribution is -2.25. The zero-order valence-electron chi connectivity index (χ0n) is 10.7. The van der Waals surface area contributed by atoms with Crippen LogP contribution >= 0.6 is 0 Å². The molecule has 1 atom stereocenters. The molecule has 2 rings (SSSR count). The predicted octanol–water partition coefficient (Wildman–Crippen LogP) is 1.94. The summed E-state index contributed by atoms with van der Waals surface area (Å²) in [5.41, 5.74) is 0.264. The average Bonchev–Trinajstić information content (AvgIpc) is 2.35. The second-order valence-electron chi connectivity index (χ2n) is 4.65. The Morgan fingerprint density at radius 2 is 2.16 bits per heavy atom. The fourth-order valence-corrected chi connectivity index (χ4v) is 2.13. The minimum Gasteiger partial charge on any atom is -0.481 e. The number of hydrogen-bond acceptors (Lipinski definition) is 2. The smallest absolute Gasteiger partial charge is 0.306 e. The lowest BCUT2D eigenvalue weighted by molar-refractivity contribution is -0.141. The topological polar surface area (TPSA) is 59.3 Å². The minimum absolute atomic E-state index is 0.133. The molecular weight excluding hydrogens is 249 g/mol.